The van der Waals surface area contributed by atoms with Crippen molar-refractivity contribution < 1.29 is 18.7 Å². The number of terminal acetylenes is 1. The number of benzene rings is 2. The van der Waals surface area contributed by atoms with Gasteiger partial charge in [-0.15, -0.1) is 6.42 Å². The van der Waals surface area contributed by atoms with E-state index in [1.54, 1.807) is 6.92 Å². The predicted octanol–water partition coefficient (Wildman–Crippen LogP) is 4.53. The number of phenolic OH excluding ortho intramolecular Hbond substituents is 1. The van der Waals surface area contributed by atoms with Crippen LogP contribution < -0.4 is 15.3 Å². The molecule has 1 aliphatic rings. The number of anilines is 1. The standard InChI is InChI=1S/C26H22FN3O4/c1-6-17-19(27)8-7-15-10-16(31)11-18(20(15)17)23-14(4)22-21(25(32)34-23)24(29-26(28-22)33-5)30-12(2)9-13(30)3/h1,7-8,10-13,31H,9H2,2-5H3. The first-order chi connectivity index (χ1) is 16.2. The van der Waals surface area contributed by atoms with E-state index >= 15 is 0 Å². The molecule has 1 fully saturated rings. The SMILES string of the molecule is C#Cc1c(F)ccc2cc(O)cc(-c3oc(=O)c4c(N5C(C)CC5C)nc(OC)nc4c3C)c12. The number of phenols is 1. The Kier molecular flexibility index (Phi) is 4.94. The van der Waals surface area contributed by atoms with Crippen molar-refractivity contribution in [1.82, 2.24) is 9.97 Å². The van der Waals surface area contributed by atoms with Gasteiger partial charge < -0.3 is 19.2 Å². The lowest BCUT2D eigenvalue weighted by molar-refractivity contribution is 0.362. The van der Waals surface area contributed by atoms with E-state index in [4.69, 9.17) is 15.6 Å². The summed E-state index contributed by atoms with van der Waals surface area (Å²) in [5.41, 5.74) is 0.531. The van der Waals surface area contributed by atoms with E-state index in [1.165, 1.54) is 31.4 Å². The van der Waals surface area contributed by atoms with Crippen molar-refractivity contribution in [3.63, 3.8) is 0 Å². The molecule has 34 heavy (non-hydrogen) atoms. The molecule has 7 nitrogen and oxygen atoms in total. The average Bonchev–Trinajstić information content (AvgIpc) is 2.80. The first kappa shape index (κ1) is 21.7. The molecule has 5 rings (SSSR count). The molecule has 0 saturated carbocycles. The number of hydrogen-bond donors (Lipinski definition) is 1. The summed E-state index contributed by atoms with van der Waals surface area (Å²) in [5, 5.41) is 11.5. The maximum absolute atomic E-state index is 14.6. The summed E-state index contributed by atoms with van der Waals surface area (Å²) in [5.74, 6) is 2.30. The van der Waals surface area contributed by atoms with Gasteiger partial charge >= 0.3 is 11.6 Å². The highest BCUT2D eigenvalue weighted by molar-refractivity contribution is 6.03. The molecule has 2 unspecified atom stereocenters. The van der Waals surface area contributed by atoms with Crippen molar-refractivity contribution in [1.29, 1.82) is 0 Å². The lowest BCUT2D eigenvalue weighted by atomic mass is 9.94. The Morgan fingerprint density at radius 3 is 2.62 bits per heavy atom. The fourth-order valence-corrected chi connectivity index (χ4v) is 4.93. The third-order valence-corrected chi connectivity index (χ3v) is 6.46. The normalized spacial score (nSPS) is 17.6. The highest BCUT2D eigenvalue weighted by Gasteiger charge is 2.36. The van der Waals surface area contributed by atoms with E-state index < -0.39 is 11.4 Å². The van der Waals surface area contributed by atoms with Crippen molar-refractivity contribution in [3.8, 4) is 35.4 Å². The van der Waals surface area contributed by atoms with Crippen LogP contribution in [0.3, 0.4) is 0 Å². The van der Waals surface area contributed by atoms with Crippen LogP contribution in [-0.2, 0) is 0 Å². The molecular formula is C26H22FN3O4. The zero-order valence-corrected chi connectivity index (χ0v) is 19.1. The molecular weight excluding hydrogens is 437 g/mol. The molecule has 172 valence electrons. The summed E-state index contributed by atoms with van der Waals surface area (Å²) >= 11 is 0. The molecule has 0 amide bonds. The minimum atomic E-state index is -0.644. The molecule has 1 saturated heterocycles. The van der Waals surface area contributed by atoms with Crippen LogP contribution in [0.15, 0.2) is 33.5 Å². The van der Waals surface area contributed by atoms with Crippen LogP contribution in [0.4, 0.5) is 10.2 Å². The van der Waals surface area contributed by atoms with Gasteiger partial charge in [-0.3, -0.25) is 0 Å². The number of hydrogen-bond acceptors (Lipinski definition) is 7. The second kappa shape index (κ2) is 7.73. The van der Waals surface area contributed by atoms with Crippen LogP contribution in [0.5, 0.6) is 11.8 Å². The van der Waals surface area contributed by atoms with Crippen molar-refractivity contribution in [2.75, 3.05) is 12.0 Å². The number of aryl methyl sites for hydroxylation is 1. The van der Waals surface area contributed by atoms with E-state index in [-0.39, 0.29) is 40.6 Å². The Morgan fingerprint density at radius 1 is 1.24 bits per heavy atom. The van der Waals surface area contributed by atoms with E-state index in [9.17, 15) is 14.3 Å². The minimum Gasteiger partial charge on any atom is -0.508 e. The second-order valence-corrected chi connectivity index (χ2v) is 8.60. The number of fused-ring (bicyclic) bond motifs is 2. The van der Waals surface area contributed by atoms with Gasteiger partial charge in [0.15, 0.2) is 5.82 Å². The summed E-state index contributed by atoms with van der Waals surface area (Å²) < 4.78 is 25.7. The molecule has 3 heterocycles. The van der Waals surface area contributed by atoms with Crippen LogP contribution in [0, 0.1) is 25.1 Å². The first-order valence-electron chi connectivity index (χ1n) is 10.8. The largest absolute Gasteiger partial charge is 0.508 e. The summed E-state index contributed by atoms with van der Waals surface area (Å²) in [6.45, 7) is 5.85. The Balaban J connectivity index is 1.89. The van der Waals surface area contributed by atoms with E-state index in [0.717, 1.165) is 6.42 Å². The number of methoxy groups -OCH3 is 1. The quantitative estimate of drug-likeness (QED) is 0.450. The smallest absolute Gasteiger partial charge is 0.349 e. The maximum Gasteiger partial charge on any atom is 0.349 e. The summed E-state index contributed by atoms with van der Waals surface area (Å²) in [6, 6.07) is 6.12. The van der Waals surface area contributed by atoms with Crippen LogP contribution in [0.1, 0.15) is 31.4 Å². The number of aromatic nitrogens is 2. The van der Waals surface area contributed by atoms with Crippen molar-refractivity contribution in [2.45, 2.75) is 39.3 Å². The van der Waals surface area contributed by atoms with Crippen molar-refractivity contribution in [3.05, 3.63) is 51.6 Å². The molecule has 4 aromatic rings. The summed E-state index contributed by atoms with van der Waals surface area (Å²) in [7, 11) is 1.46. The van der Waals surface area contributed by atoms with Gasteiger partial charge in [0.05, 0.1) is 18.2 Å². The number of rotatable bonds is 3. The Hall–Kier alpha value is -4.12. The van der Waals surface area contributed by atoms with Crippen LogP contribution in [-0.4, -0.2) is 34.3 Å². The third-order valence-electron chi connectivity index (χ3n) is 6.46. The monoisotopic (exact) mass is 459 g/mol. The highest BCUT2D eigenvalue weighted by Crippen LogP contribution is 2.40. The zero-order valence-electron chi connectivity index (χ0n) is 19.1. The predicted molar refractivity (Wildman–Crippen MR) is 128 cm³/mol. The van der Waals surface area contributed by atoms with Crippen LogP contribution >= 0.6 is 0 Å². The van der Waals surface area contributed by atoms with Gasteiger partial charge in [-0.1, -0.05) is 12.0 Å². The molecule has 0 aliphatic carbocycles. The number of nitrogens with zero attached hydrogens (tertiary/aromatic N) is 3. The fraction of sp³-hybridized carbons (Fsp3) is 0.269. The molecule has 0 spiro atoms. The van der Waals surface area contributed by atoms with Crippen LogP contribution in [0.2, 0.25) is 0 Å². The molecule has 2 aromatic heterocycles. The Labute approximate surface area is 194 Å². The highest BCUT2D eigenvalue weighted by atomic mass is 19.1. The van der Waals surface area contributed by atoms with Crippen molar-refractivity contribution >= 4 is 27.5 Å². The van der Waals surface area contributed by atoms with Gasteiger partial charge in [0, 0.05) is 28.6 Å². The molecule has 2 atom stereocenters. The number of halogens is 1. The Morgan fingerprint density at radius 2 is 1.97 bits per heavy atom. The maximum atomic E-state index is 14.6. The summed E-state index contributed by atoms with van der Waals surface area (Å²) in [6.07, 6.45) is 6.58. The van der Waals surface area contributed by atoms with Gasteiger partial charge in [0.1, 0.15) is 22.7 Å². The van der Waals surface area contributed by atoms with Crippen molar-refractivity contribution in [2.24, 2.45) is 0 Å². The molecule has 8 heteroatoms. The first-order valence-corrected chi connectivity index (χ1v) is 10.8. The zero-order chi connectivity index (χ0) is 24.3. The molecule has 1 N–H and O–H groups in total. The van der Waals surface area contributed by atoms with E-state index in [1.807, 2.05) is 4.90 Å². The van der Waals surface area contributed by atoms with E-state index in [0.29, 0.717) is 33.2 Å². The molecule has 1 aliphatic heterocycles. The average molecular weight is 459 g/mol. The Bertz CT molecular complexity index is 1580. The molecule has 0 bridgehead atoms. The van der Waals surface area contributed by atoms with Gasteiger partial charge in [0.25, 0.3) is 0 Å². The lowest BCUT2D eigenvalue weighted by Crippen LogP contribution is -2.53. The fourth-order valence-electron chi connectivity index (χ4n) is 4.93. The summed E-state index contributed by atoms with van der Waals surface area (Å²) in [4.78, 5) is 24.3. The van der Waals surface area contributed by atoms with Gasteiger partial charge in [-0.2, -0.15) is 9.97 Å². The minimum absolute atomic E-state index is 0.0128. The van der Waals surface area contributed by atoms with Crippen LogP contribution in [0.25, 0.3) is 33.0 Å². The third kappa shape index (κ3) is 3.08. The van der Waals surface area contributed by atoms with Gasteiger partial charge in [-0.25, -0.2) is 9.18 Å². The number of ether oxygens (including phenoxy) is 1. The topological polar surface area (TPSA) is 88.7 Å². The number of aromatic hydroxyl groups is 1. The van der Waals surface area contributed by atoms with Gasteiger partial charge in [0.2, 0.25) is 0 Å². The molecule has 2 aromatic carbocycles. The van der Waals surface area contributed by atoms with Gasteiger partial charge in [-0.05, 0) is 50.8 Å². The molecule has 0 radical (unpaired) electrons. The second-order valence-electron chi connectivity index (χ2n) is 8.60. The van der Waals surface area contributed by atoms with E-state index in [2.05, 4.69) is 29.7 Å². The lowest BCUT2D eigenvalue weighted by Gasteiger charge is -2.46.